The molecule has 2 rings (SSSR count). The minimum atomic E-state index is 0.0181. The van der Waals surface area contributed by atoms with E-state index in [9.17, 15) is 4.79 Å². The number of guanidine groups is 1. The van der Waals surface area contributed by atoms with Crippen molar-refractivity contribution in [3.05, 3.63) is 0 Å². The van der Waals surface area contributed by atoms with E-state index in [-0.39, 0.29) is 12.5 Å². The number of rotatable bonds is 8. The molecule has 7 nitrogen and oxygen atoms in total. The van der Waals surface area contributed by atoms with Gasteiger partial charge >= 0.3 is 0 Å². The minimum absolute atomic E-state index is 0.0181. The maximum absolute atomic E-state index is 11.8. The predicted molar refractivity (Wildman–Crippen MR) is 109 cm³/mol. The van der Waals surface area contributed by atoms with Crippen LogP contribution in [0.5, 0.6) is 0 Å². The second kappa shape index (κ2) is 11.7. The molecule has 0 bridgehead atoms. The van der Waals surface area contributed by atoms with Crippen molar-refractivity contribution in [2.45, 2.75) is 25.3 Å². The molecule has 0 aromatic heterocycles. The Kier molecular flexibility index (Phi) is 9.56. The van der Waals surface area contributed by atoms with E-state index in [1.165, 1.54) is 6.42 Å². The van der Waals surface area contributed by atoms with Crippen molar-refractivity contribution in [1.29, 1.82) is 0 Å². The Hall–Kier alpha value is -0.990. The molecule has 0 aromatic rings. The van der Waals surface area contributed by atoms with Gasteiger partial charge in [0, 0.05) is 58.7 Å². The SMILES string of the molecule is CSCCNC(=NCC(=O)N(C)C)NC1CCN(CC2CCOC2)CC1. The van der Waals surface area contributed by atoms with Crippen molar-refractivity contribution in [2.24, 2.45) is 10.9 Å². The molecule has 8 heteroatoms. The number of nitrogens with one attached hydrogen (secondary N) is 2. The number of nitrogens with zero attached hydrogens (tertiary/aromatic N) is 3. The van der Waals surface area contributed by atoms with Crippen molar-refractivity contribution in [1.82, 2.24) is 20.4 Å². The van der Waals surface area contributed by atoms with Crippen molar-refractivity contribution >= 4 is 23.6 Å². The van der Waals surface area contributed by atoms with E-state index in [0.29, 0.717) is 12.0 Å². The summed E-state index contributed by atoms with van der Waals surface area (Å²) in [4.78, 5) is 20.4. The lowest BCUT2D eigenvalue weighted by molar-refractivity contribution is -0.127. The van der Waals surface area contributed by atoms with Gasteiger partial charge in [0.05, 0.1) is 6.61 Å². The van der Waals surface area contributed by atoms with Crippen LogP contribution >= 0.6 is 11.8 Å². The number of amides is 1. The van der Waals surface area contributed by atoms with Crippen LogP contribution in [-0.4, -0.2) is 99.7 Å². The molecule has 2 heterocycles. The number of carbonyl (C=O) groups excluding carboxylic acids is 1. The average Bonchev–Trinajstić information content (AvgIpc) is 3.14. The van der Waals surface area contributed by atoms with Gasteiger partial charge in [-0.2, -0.15) is 11.8 Å². The van der Waals surface area contributed by atoms with Gasteiger partial charge in [-0.15, -0.1) is 0 Å². The van der Waals surface area contributed by atoms with E-state index in [1.54, 1.807) is 30.8 Å². The molecule has 0 radical (unpaired) electrons. The molecule has 1 atom stereocenters. The molecule has 150 valence electrons. The Morgan fingerprint density at radius 1 is 1.31 bits per heavy atom. The van der Waals surface area contributed by atoms with Crippen LogP contribution < -0.4 is 10.6 Å². The quantitative estimate of drug-likeness (QED) is 0.360. The van der Waals surface area contributed by atoms with Crippen molar-refractivity contribution < 1.29 is 9.53 Å². The van der Waals surface area contributed by atoms with Crippen molar-refractivity contribution in [2.75, 3.05) is 72.0 Å². The average molecular weight is 386 g/mol. The summed E-state index contributed by atoms with van der Waals surface area (Å²) in [7, 11) is 3.52. The molecule has 0 spiro atoms. The van der Waals surface area contributed by atoms with Gasteiger partial charge in [0.2, 0.25) is 5.91 Å². The summed E-state index contributed by atoms with van der Waals surface area (Å²) in [5.41, 5.74) is 0. The maximum Gasteiger partial charge on any atom is 0.243 e. The first-order chi connectivity index (χ1) is 12.6. The molecule has 0 aromatic carbocycles. The summed E-state index contributed by atoms with van der Waals surface area (Å²) < 4.78 is 5.49. The van der Waals surface area contributed by atoms with E-state index in [4.69, 9.17) is 4.74 Å². The highest BCUT2D eigenvalue weighted by Gasteiger charge is 2.24. The van der Waals surface area contributed by atoms with E-state index in [2.05, 4.69) is 26.8 Å². The predicted octanol–water partition coefficient (Wildman–Crippen LogP) is 0.474. The van der Waals surface area contributed by atoms with E-state index >= 15 is 0 Å². The van der Waals surface area contributed by atoms with E-state index < -0.39 is 0 Å². The first kappa shape index (κ1) is 21.3. The summed E-state index contributed by atoms with van der Waals surface area (Å²) >= 11 is 1.80. The number of hydrogen-bond donors (Lipinski definition) is 2. The van der Waals surface area contributed by atoms with Crippen LogP contribution in [0.1, 0.15) is 19.3 Å². The second-order valence-corrected chi connectivity index (χ2v) is 8.31. The number of carbonyl (C=O) groups is 1. The summed E-state index contributed by atoms with van der Waals surface area (Å²) in [6.07, 6.45) is 5.51. The zero-order chi connectivity index (χ0) is 18.8. The first-order valence-corrected chi connectivity index (χ1v) is 11.0. The summed E-state index contributed by atoms with van der Waals surface area (Å²) in [6, 6.07) is 0.418. The molecule has 1 amide bonds. The first-order valence-electron chi connectivity index (χ1n) is 9.62. The topological polar surface area (TPSA) is 69.2 Å². The lowest BCUT2D eigenvalue weighted by Gasteiger charge is -2.34. The van der Waals surface area contributed by atoms with Gasteiger partial charge in [0.25, 0.3) is 0 Å². The molecular weight excluding hydrogens is 350 g/mol. The van der Waals surface area contributed by atoms with Gasteiger partial charge in [-0.05, 0) is 31.4 Å². The fourth-order valence-corrected chi connectivity index (χ4v) is 3.56. The molecule has 0 saturated carbocycles. The number of aliphatic imine (C=N–C) groups is 1. The minimum Gasteiger partial charge on any atom is -0.381 e. The molecule has 1 unspecified atom stereocenters. The molecule has 2 aliphatic heterocycles. The number of piperidine rings is 1. The monoisotopic (exact) mass is 385 g/mol. The van der Waals surface area contributed by atoms with Crippen LogP contribution in [0.15, 0.2) is 4.99 Å². The number of likely N-dealkylation sites (tertiary alicyclic amines) is 1. The number of ether oxygens (including phenoxy) is 1. The van der Waals surface area contributed by atoms with Gasteiger partial charge in [0.15, 0.2) is 5.96 Å². The Bertz CT molecular complexity index is 447. The second-order valence-electron chi connectivity index (χ2n) is 7.32. The molecule has 2 N–H and O–H groups in total. The molecular formula is C18H35N5O2S. The highest BCUT2D eigenvalue weighted by atomic mass is 32.2. The highest BCUT2D eigenvalue weighted by molar-refractivity contribution is 7.98. The fraction of sp³-hybridized carbons (Fsp3) is 0.889. The summed E-state index contributed by atoms with van der Waals surface area (Å²) in [5, 5.41) is 6.88. The highest BCUT2D eigenvalue weighted by Crippen LogP contribution is 2.17. The smallest absolute Gasteiger partial charge is 0.243 e. The van der Waals surface area contributed by atoms with Gasteiger partial charge in [0.1, 0.15) is 6.54 Å². The Morgan fingerprint density at radius 3 is 2.69 bits per heavy atom. The molecule has 26 heavy (non-hydrogen) atoms. The van der Waals surface area contributed by atoms with Crippen molar-refractivity contribution in [3.63, 3.8) is 0 Å². The van der Waals surface area contributed by atoms with Crippen molar-refractivity contribution in [3.8, 4) is 0 Å². The standard InChI is InChI=1S/C18H35N5O2S/c1-22(2)17(24)12-20-18(19-7-11-26-3)21-16-4-8-23(9-5-16)13-15-6-10-25-14-15/h15-16H,4-14H2,1-3H3,(H2,19,20,21). The van der Waals surface area contributed by atoms with E-state index in [0.717, 1.165) is 63.9 Å². The fourth-order valence-electron chi connectivity index (χ4n) is 3.26. The van der Waals surface area contributed by atoms with Crippen LogP contribution in [-0.2, 0) is 9.53 Å². The Labute approximate surface area is 162 Å². The third kappa shape index (κ3) is 7.72. The van der Waals surface area contributed by atoms with Gasteiger partial charge in [-0.1, -0.05) is 0 Å². The van der Waals surface area contributed by atoms with Crippen LogP contribution in [0.4, 0.5) is 0 Å². The normalized spacial score (nSPS) is 22.4. The lowest BCUT2D eigenvalue weighted by atomic mass is 10.0. The zero-order valence-corrected chi connectivity index (χ0v) is 17.3. The van der Waals surface area contributed by atoms with Gasteiger partial charge < -0.3 is 25.2 Å². The largest absolute Gasteiger partial charge is 0.381 e. The number of thioether (sulfide) groups is 1. The molecule has 2 saturated heterocycles. The third-order valence-corrected chi connectivity index (χ3v) is 5.55. The molecule has 2 fully saturated rings. The zero-order valence-electron chi connectivity index (χ0n) is 16.5. The third-order valence-electron chi connectivity index (χ3n) is 4.94. The Balaban J connectivity index is 1.77. The Morgan fingerprint density at radius 2 is 2.08 bits per heavy atom. The van der Waals surface area contributed by atoms with E-state index in [1.807, 2.05) is 0 Å². The molecule has 2 aliphatic rings. The summed E-state index contributed by atoms with van der Waals surface area (Å²) in [5.74, 6) is 2.51. The van der Waals surface area contributed by atoms with Crippen LogP contribution in [0.2, 0.25) is 0 Å². The van der Waals surface area contributed by atoms with Crippen LogP contribution in [0.3, 0.4) is 0 Å². The molecule has 0 aliphatic carbocycles. The maximum atomic E-state index is 11.8. The van der Waals surface area contributed by atoms with Gasteiger partial charge in [-0.25, -0.2) is 4.99 Å². The number of hydrogen-bond acceptors (Lipinski definition) is 5. The van der Waals surface area contributed by atoms with Crippen LogP contribution in [0.25, 0.3) is 0 Å². The van der Waals surface area contributed by atoms with Crippen LogP contribution in [0, 0.1) is 5.92 Å². The lowest BCUT2D eigenvalue weighted by Crippen LogP contribution is -2.50. The number of likely N-dealkylation sites (N-methyl/N-ethyl adjacent to an activating group) is 1. The van der Waals surface area contributed by atoms with Gasteiger partial charge in [-0.3, -0.25) is 4.79 Å². The summed E-state index contributed by atoms with van der Waals surface area (Å²) in [6.45, 7) is 6.28.